The summed E-state index contributed by atoms with van der Waals surface area (Å²) in [5.41, 5.74) is 1.41. The maximum absolute atomic E-state index is 8.78. The van der Waals surface area contributed by atoms with E-state index in [2.05, 4.69) is 12.1 Å². The Morgan fingerprint density at radius 3 is 2.75 bits per heavy atom. The Kier molecular flexibility index (Phi) is 4.83. The summed E-state index contributed by atoms with van der Waals surface area (Å²) < 4.78 is 5.82. The lowest BCUT2D eigenvalue weighted by atomic mass is 10.1. The third kappa shape index (κ3) is 3.26. The lowest BCUT2D eigenvalue weighted by molar-refractivity contribution is 0.209. The van der Waals surface area contributed by atoms with Crippen LogP contribution in [0.4, 0.5) is 0 Å². The SMILES string of the molecule is CCCC(C)Oc1ccccc1/C(C)=N/O. The summed E-state index contributed by atoms with van der Waals surface area (Å²) in [6, 6.07) is 7.61. The predicted molar refractivity (Wildman–Crippen MR) is 65.4 cm³/mol. The number of para-hydroxylation sites is 1. The van der Waals surface area contributed by atoms with Gasteiger partial charge in [-0.3, -0.25) is 0 Å². The number of nitrogens with zero attached hydrogens (tertiary/aromatic N) is 1. The fraction of sp³-hybridized carbons (Fsp3) is 0.462. The van der Waals surface area contributed by atoms with Crippen LogP contribution in [0.15, 0.2) is 29.4 Å². The van der Waals surface area contributed by atoms with Crippen molar-refractivity contribution in [3.63, 3.8) is 0 Å². The van der Waals surface area contributed by atoms with Gasteiger partial charge in [-0.05, 0) is 32.4 Å². The van der Waals surface area contributed by atoms with Crippen LogP contribution < -0.4 is 4.74 Å². The molecular weight excluding hydrogens is 202 g/mol. The van der Waals surface area contributed by atoms with Crippen molar-refractivity contribution in [2.75, 3.05) is 0 Å². The first-order valence-corrected chi connectivity index (χ1v) is 5.63. The normalized spacial score (nSPS) is 13.6. The van der Waals surface area contributed by atoms with Crippen molar-refractivity contribution in [2.45, 2.75) is 39.7 Å². The van der Waals surface area contributed by atoms with Crippen LogP contribution in [-0.2, 0) is 0 Å². The monoisotopic (exact) mass is 221 g/mol. The van der Waals surface area contributed by atoms with Crippen molar-refractivity contribution in [2.24, 2.45) is 5.16 Å². The Morgan fingerprint density at radius 2 is 2.12 bits per heavy atom. The van der Waals surface area contributed by atoms with E-state index in [1.807, 2.05) is 31.2 Å². The van der Waals surface area contributed by atoms with E-state index in [0.29, 0.717) is 5.71 Å². The summed E-state index contributed by atoms with van der Waals surface area (Å²) in [5, 5.41) is 12.0. The van der Waals surface area contributed by atoms with Crippen LogP contribution in [0, 0.1) is 0 Å². The van der Waals surface area contributed by atoms with E-state index in [1.165, 1.54) is 0 Å². The second-order valence-electron chi connectivity index (χ2n) is 3.90. The smallest absolute Gasteiger partial charge is 0.128 e. The molecule has 0 aliphatic heterocycles. The Labute approximate surface area is 96.7 Å². The third-order valence-corrected chi connectivity index (χ3v) is 2.45. The van der Waals surface area contributed by atoms with Gasteiger partial charge >= 0.3 is 0 Å². The van der Waals surface area contributed by atoms with Crippen LogP contribution in [0.2, 0.25) is 0 Å². The highest BCUT2D eigenvalue weighted by atomic mass is 16.5. The van der Waals surface area contributed by atoms with Gasteiger partial charge in [0, 0.05) is 5.56 Å². The first-order valence-electron chi connectivity index (χ1n) is 5.63. The van der Waals surface area contributed by atoms with Gasteiger partial charge in [0.15, 0.2) is 0 Å². The second kappa shape index (κ2) is 6.16. The van der Waals surface area contributed by atoms with E-state index >= 15 is 0 Å². The van der Waals surface area contributed by atoms with E-state index < -0.39 is 0 Å². The number of hydrogen-bond donors (Lipinski definition) is 1. The minimum absolute atomic E-state index is 0.178. The molecular formula is C13H19NO2. The van der Waals surface area contributed by atoms with Crippen LogP contribution in [0.1, 0.15) is 39.2 Å². The molecule has 88 valence electrons. The first kappa shape index (κ1) is 12.6. The number of rotatable bonds is 5. The molecule has 0 spiro atoms. The van der Waals surface area contributed by atoms with Gasteiger partial charge in [-0.1, -0.05) is 30.6 Å². The van der Waals surface area contributed by atoms with Crippen LogP contribution >= 0.6 is 0 Å². The molecule has 0 heterocycles. The molecule has 16 heavy (non-hydrogen) atoms. The van der Waals surface area contributed by atoms with Gasteiger partial charge in [-0.15, -0.1) is 0 Å². The van der Waals surface area contributed by atoms with Gasteiger partial charge in [-0.25, -0.2) is 0 Å². The van der Waals surface area contributed by atoms with E-state index in [-0.39, 0.29) is 6.10 Å². The Balaban J connectivity index is 2.87. The highest BCUT2D eigenvalue weighted by Crippen LogP contribution is 2.21. The van der Waals surface area contributed by atoms with Crippen molar-refractivity contribution in [3.8, 4) is 5.75 Å². The van der Waals surface area contributed by atoms with Crippen molar-refractivity contribution < 1.29 is 9.94 Å². The molecule has 1 aromatic carbocycles. The molecule has 0 saturated heterocycles. The van der Waals surface area contributed by atoms with Crippen LogP contribution in [0.25, 0.3) is 0 Å². The standard InChI is InChI=1S/C13H19NO2/c1-4-7-10(2)16-13-9-6-5-8-12(13)11(3)14-15/h5-6,8-10,15H,4,7H2,1-3H3/b14-11+. The highest BCUT2D eigenvalue weighted by Gasteiger charge is 2.09. The number of hydrogen-bond acceptors (Lipinski definition) is 3. The quantitative estimate of drug-likeness (QED) is 0.470. The minimum Gasteiger partial charge on any atom is -0.490 e. The molecule has 1 aromatic rings. The molecule has 0 amide bonds. The number of oxime groups is 1. The van der Waals surface area contributed by atoms with E-state index in [4.69, 9.17) is 9.94 Å². The molecule has 0 bridgehead atoms. The van der Waals surface area contributed by atoms with Gasteiger partial charge < -0.3 is 9.94 Å². The largest absolute Gasteiger partial charge is 0.490 e. The molecule has 0 aliphatic rings. The minimum atomic E-state index is 0.178. The van der Waals surface area contributed by atoms with Crippen LogP contribution in [0.3, 0.4) is 0 Å². The lowest BCUT2D eigenvalue weighted by Crippen LogP contribution is -2.13. The summed E-state index contributed by atoms with van der Waals surface area (Å²) in [4.78, 5) is 0. The first-order chi connectivity index (χ1) is 7.69. The zero-order valence-corrected chi connectivity index (χ0v) is 10.1. The molecule has 0 aliphatic carbocycles. The molecule has 3 heteroatoms. The zero-order valence-electron chi connectivity index (χ0n) is 10.1. The van der Waals surface area contributed by atoms with Crippen molar-refractivity contribution in [1.82, 2.24) is 0 Å². The average molecular weight is 221 g/mol. The molecule has 0 saturated carbocycles. The van der Waals surface area contributed by atoms with Gasteiger partial charge in [0.2, 0.25) is 0 Å². The van der Waals surface area contributed by atoms with Gasteiger partial charge in [0.25, 0.3) is 0 Å². The van der Waals surface area contributed by atoms with Crippen LogP contribution in [0.5, 0.6) is 5.75 Å². The predicted octanol–water partition coefficient (Wildman–Crippen LogP) is 3.45. The molecule has 1 rings (SSSR count). The van der Waals surface area contributed by atoms with E-state index in [9.17, 15) is 0 Å². The molecule has 0 aromatic heterocycles. The topological polar surface area (TPSA) is 41.8 Å². The Hall–Kier alpha value is -1.51. The summed E-state index contributed by atoms with van der Waals surface area (Å²) >= 11 is 0. The van der Waals surface area contributed by atoms with Crippen molar-refractivity contribution in [1.29, 1.82) is 0 Å². The number of benzene rings is 1. The second-order valence-corrected chi connectivity index (χ2v) is 3.90. The van der Waals surface area contributed by atoms with Crippen molar-refractivity contribution >= 4 is 5.71 Å². The fourth-order valence-corrected chi connectivity index (χ4v) is 1.60. The van der Waals surface area contributed by atoms with Gasteiger partial charge in [0.05, 0.1) is 11.8 Å². The fourth-order valence-electron chi connectivity index (χ4n) is 1.60. The molecule has 0 radical (unpaired) electrons. The zero-order chi connectivity index (χ0) is 12.0. The maximum Gasteiger partial charge on any atom is 0.128 e. The molecule has 1 unspecified atom stereocenters. The van der Waals surface area contributed by atoms with Gasteiger partial charge in [0.1, 0.15) is 5.75 Å². The third-order valence-electron chi connectivity index (χ3n) is 2.45. The maximum atomic E-state index is 8.78. The number of ether oxygens (including phenoxy) is 1. The average Bonchev–Trinajstić information content (AvgIpc) is 2.29. The Morgan fingerprint density at radius 1 is 1.44 bits per heavy atom. The molecule has 0 fully saturated rings. The molecule has 1 N–H and O–H groups in total. The Bertz CT molecular complexity index is 361. The van der Waals surface area contributed by atoms with E-state index in [0.717, 1.165) is 24.2 Å². The van der Waals surface area contributed by atoms with Crippen molar-refractivity contribution in [3.05, 3.63) is 29.8 Å². The van der Waals surface area contributed by atoms with Gasteiger partial charge in [-0.2, -0.15) is 0 Å². The summed E-state index contributed by atoms with van der Waals surface area (Å²) in [6.45, 7) is 5.94. The molecule has 3 nitrogen and oxygen atoms in total. The lowest BCUT2D eigenvalue weighted by Gasteiger charge is -2.16. The van der Waals surface area contributed by atoms with E-state index in [1.54, 1.807) is 6.92 Å². The van der Waals surface area contributed by atoms with Crippen LogP contribution in [-0.4, -0.2) is 17.0 Å². The summed E-state index contributed by atoms with van der Waals surface area (Å²) in [6.07, 6.45) is 2.29. The highest BCUT2D eigenvalue weighted by molar-refractivity contribution is 6.00. The summed E-state index contributed by atoms with van der Waals surface area (Å²) in [5.74, 6) is 0.777. The summed E-state index contributed by atoms with van der Waals surface area (Å²) in [7, 11) is 0. The molecule has 1 atom stereocenters.